The van der Waals surface area contributed by atoms with E-state index in [4.69, 9.17) is 4.84 Å². The highest BCUT2D eigenvalue weighted by molar-refractivity contribution is 5.98. The van der Waals surface area contributed by atoms with E-state index in [9.17, 15) is 20.1 Å². The predicted molar refractivity (Wildman–Crippen MR) is 109 cm³/mol. The van der Waals surface area contributed by atoms with Gasteiger partial charge in [-0.05, 0) is 68.4 Å². The van der Waals surface area contributed by atoms with Gasteiger partial charge in [0, 0.05) is 16.7 Å². The Morgan fingerprint density at radius 3 is 2.41 bits per heavy atom. The third-order valence-corrected chi connectivity index (χ3v) is 9.61. The quantitative estimate of drug-likeness (QED) is 0.484. The van der Waals surface area contributed by atoms with Crippen LogP contribution in [0.3, 0.4) is 0 Å². The second-order valence-corrected chi connectivity index (χ2v) is 10.6. The molecule has 3 N–H and O–H groups in total. The van der Waals surface area contributed by atoms with Crippen LogP contribution in [-0.4, -0.2) is 51.7 Å². The molecular weight excluding hydrogens is 370 g/mol. The van der Waals surface area contributed by atoms with Crippen LogP contribution >= 0.6 is 0 Å². The minimum absolute atomic E-state index is 0.0174. The number of allylic oxidation sites excluding steroid dienone is 1. The normalized spacial score (nSPS) is 52.3. The van der Waals surface area contributed by atoms with Crippen LogP contribution in [0.5, 0.6) is 0 Å². The van der Waals surface area contributed by atoms with Gasteiger partial charge < -0.3 is 20.2 Å². The molecule has 0 bridgehead atoms. The smallest absolute Gasteiger partial charge is 0.162 e. The summed E-state index contributed by atoms with van der Waals surface area (Å²) in [6.45, 7) is 8.08. The first-order chi connectivity index (χ1) is 13.4. The fourth-order valence-corrected chi connectivity index (χ4v) is 7.54. The van der Waals surface area contributed by atoms with Crippen molar-refractivity contribution in [2.24, 2.45) is 33.2 Å². The Labute approximate surface area is 173 Å². The largest absolute Gasteiger partial charge is 0.399 e. The average molecular weight is 406 g/mol. The van der Waals surface area contributed by atoms with Crippen molar-refractivity contribution in [2.45, 2.75) is 84.0 Å². The lowest BCUT2D eigenvalue weighted by Gasteiger charge is -2.63. The Morgan fingerprint density at radius 2 is 1.76 bits per heavy atom. The summed E-state index contributed by atoms with van der Waals surface area (Å²) in [6, 6.07) is 0. The zero-order valence-electron chi connectivity index (χ0n) is 18.2. The first kappa shape index (κ1) is 21.0. The van der Waals surface area contributed by atoms with Crippen LogP contribution in [0, 0.1) is 28.1 Å². The molecule has 3 saturated carbocycles. The van der Waals surface area contributed by atoms with E-state index in [1.807, 2.05) is 13.8 Å². The molecular formula is C23H35NO5. The molecule has 0 aromatic rings. The van der Waals surface area contributed by atoms with Gasteiger partial charge in [0.05, 0.1) is 23.5 Å². The number of fused-ring (bicyclic) bond motifs is 5. The molecule has 0 heterocycles. The van der Waals surface area contributed by atoms with Crippen molar-refractivity contribution in [3.63, 3.8) is 0 Å². The van der Waals surface area contributed by atoms with Crippen LogP contribution in [0.15, 0.2) is 16.8 Å². The fraction of sp³-hybridized carbons (Fsp3) is 0.826. The van der Waals surface area contributed by atoms with Crippen molar-refractivity contribution in [3.05, 3.63) is 11.6 Å². The van der Waals surface area contributed by atoms with Crippen LogP contribution in [0.1, 0.15) is 66.2 Å². The highest BCUT2D eigenvalue weighted by Gasteiger charge is 2.69. The second kappa shape index (κ2) is 6.38. The third-order valence-electron chi connectivity index (χ3n) is 9.61. The zero-order valence-corrected chi connectivity index (χ0v) is 18.2. The van der Waals surface area contributed by atoms with Gasteiger partial charge in [0.25, 0.3) is 0 Å². The van der Waals surface area contributed by atoms with Crippen molar-refractivity contribution in [2.75, 3.05) is 7.11 Å². The lowest BCUT2D eigenvalue weighted by molar-refractivity contribution is -0.174. The van der Waals surface area contributed by atoms with Crippen LogP contribution in [0.4, 0.5) is 0 Å². The molecule has 0 radical (unpaired) electrons. The van der Waals surface area contributed by atoms with Gasteiger partial charge in [0.1, 0.15) is 7.11 Å². The Morgan fingerprint density at radius 1 is 1.10 bits per heavy atom. The number of ketones is 1. The summed E-state index contributed by atoms with van der Waals surface area (Å²) < 4.78 is 0. The third kappa shape index (κ3) is 2.45. The Bertz CT molecular complexity index is 792. The molecule has 29 heavy (non-hydrogen) atoms. The Kier molecular flexibility index (Phi) is 4.62. The average Bonchev–Trinajstić information content (AvgIpc) is 2.92. The fourth-order valence-electron chi connectivity index (χ4n) is 7.54. The number of hydrogen-bond acceptors (Lipinski definition) is 6. The maximum Gasteiger partial charge on any atom is 0.162 e. The Hall–Kier alpha value is -1.24. The molecule has 0 spiro atoms. The molecule has 8 atom stereocenters. The molecule has 0 aliphatic heterocycles. The highest BCUT2D eigenvalue weighted by atomic mass is 16.6. The lowest BCUT2D eigenvalue weighted by atomic mass is 9.41. The molecule has 162 valence electrons. The van der Waals surface area contributed by atoms with E-state index in [2.05, 4.69) is 19.0 Å². The number of carbonyl (C=O) groups excluding carboxylic acids is 1. The predicted octanol–water partition coefficient (Wildman–Crippen LogP) is 2.60. The van der Waals surface area contributed by atoms with Gasteiger partial charge in [-0.3, -0.25) is 4.79 Å². The standard InChI is InChI=1S/C23H35NO5/c1-13(24-29-5)14-7-9-23(28)16-10-19(27)22(4)12-18(26)17(25)11-21(22,3)15(16)6-8-20(14,23)2/h10,14-15,17-18,25-26,28H,6-9,11-12H2,1-5H3/b24-13-/t14-,15?,17+,18-,20-,21-,22+,23-/m1/s1. The zero-order chi connectivity index (χ0) is 21.4. The number of hydrogen-bond donors (Lipinski definition) is 3. The second-order valence-electron chi connectivity index (χ2n) is 10.6. The summed E-state index contributed by atoms with van der Waals surface area (Å²) in [5, 5.41) is 37.0. The monoisotopic (exact) mass is 405 g/mol. The van der Waals surface area contributed by atoms with E-state index in [0.717, 1.165) is 30.5 Å². The maximum atomic E-state index is 13.4. The summed E-state index contributed by atoms with van der Waals surface area (Å²) in [5.41, 5.74) is -0.954. The van der Waals surface area contributed by atoms with E-state index in [1.165, 1.54) is 7.11 Å². The van der Waals surface area contributed by atoms with Gasteiger partial charge in [-0.25, -0.2) is 0 Å². The molecule has 4 rings (SSSR count). The first-order valence-electron chi connectivity index (χ1n) is 10.9. The molecule has 0 saturated heterocycles. The van der Waals surface area contributed by atoms with Gasteiger partial charge in [0.2, 0.25) is 0 Å². The molecule has 0 aromatic carbocycles. The minimum atomic E-state index is -1.06. The summed E-state index contributed by atoms with van der Waals surface area (Å²) >= 11 is 0. The molecule has 1 unspecified atom stereocenters. The summed E-state index contributed by atoms with van der Waals surface area (Å²) in [4.78, 5) is 18.4. The van der Waals surface area contributed by atoms with Crippen molar-refractivity contribution < 1.29 is 25.0 Å². The van der Waals surface area contributed by atoms with Gasteiger partial charge >= 0.3 is 0 Å². The minimum Gasteiger partial charge on any atom is -0.399 e. The van der Waals surface area contributed by atoms with Gasteiger partial charge in [0.15, 0.2) is 5.78 Å². The van der Waals surface area contributed by atoms with E-state index >= 15 is 0 Å². The molecule has 6 heteroatoms. The molecule has 3 fully saturated rings. The number of oxime groups is 1. The van der Waals surface area contributed by atoms with Gasteiger partial charge in [-0.2, -0.15) is 0 Å². The lowest BCUT2D eigenvalue weighted by Crippen LogP contribution is -2.64. The van der Waals surface area contributed by atoms with Gasteiger partial charge in [-0.1, -0.05) is 25.9 Å². The number of aliphatic hydroxyl groups is 3. The van der Waals surface area contributed by atoms with E-state index in [0.29, 0.717) is 12.8 Å². The molecule has 4 aliphatic carbocycles. The summed E-state index contributed by atoms with van der Waals surface area (Å²) in [7, 11) is 1.54. The van der Waals surface area contributed by atoms with E-state index in [1.54, 1.807) is 6.08 Å². The van der Waals surface area contributed by atoms with Crippen LogP contribution in [0.2, 0.25) is 0 Å². The molecule has 0 amide bonds. The molecule has 0 aromatic heterocycles. The number of aliphatic hydroxyl groups excluding tert-OH is 2. The van der Waals surface area contributed by atoms with Crippen LogP contribution in [-0.2, 0) is 9.63 Å². The van der Waals surface area contributed by atoms with Crippen molar-refractivity contribution >= 4 is 11.5 Å². The SMILES string of the molecule is CO/N=C(/C)[C@H]1CC[C@@]2(O)C3=CC(=O)[C@]4(C)C[C@@H](O)[C@@H](O)C[C@]4(C)C3CC[C@]12C. The highest BCUT2D eigenvalue weighted by Crippen LogP contribution is 2.69. The van der Waals surface area contributed by atoms with Crippen molar-refractivity contribution in [1.82, 2.24) is 0 Å². The molecule has 6 nitrogen and oxygen atoms in total. The summed E-state index contributed by atoms with van der Waals surface area (Å²) in [6.07, 6.45) is 3.69. The van der Waals surface area contributed by atoms with Crippen LogP contribution < -0.4 is 0 Å². The maximum absolute atomic E-state index is 13.4. The number of nitrogens with zero attached hydrogens (tertiary/aromatic N) is 1. The molecule has 4 aliphatic rings. The van der Waals surface area contributed by atoms with Crippen molar-refractivity contribution in [1.29, 1.82) is 0 Å². The summed E-state index contributed by atoms with van der Waals surface area (Å²) in [5.74, 6) is 0.0914. The van der Waals surface area contributed by atoms with Crippen LogP contribution in [0.25, 0.3) is 0 Å². The van der Waals surface area contributed by atoms with E-state index < -0.39 is 34.1 Å². The van der Waals surface area contributed by atoms with Crippen molar-refractivity contribution in [3.8, 4) is 0 Å². The topological polar surface area (TPSA) is 99.4 Å². The first-order valence-corrected chi connectivity index (χ1v) is 10.9. The number of rotatable bonds is 2. The Balaban J connectivity index is 1.81. The van der Waals surface area contributed by atoms with E-state index in [-0.39, 0.29) is 24.0 Å². The number of carbonyl (C=O) groups is 1. The van der Waals surface area contributed by atoms with Gasteiger partial charge in [-0.15, -0.1) is 0 Å².